The second-order valence-corrected chi connectivity index (χ2v) is 5.98. The predicted octanol–water partition coefficient (Wildman–Crippen LogP) is 3.80. The molecule has 2 saturated carbocycles. The van der Waals surface area contributed by atoms with Crippen LogP contribution in [0.1, 0.15) is 32.1 Å². The Labute approximate surface area is 105 Å². The van der Waals surface area contributed by atoms with Gasteiger partial charge in [-0.3, -0.25) is 0 Å². The van der Waals surface area contributed by atoms with Gasteiger partial charge in [0.25, 0.3) is 0 Å². The molecular weight excluding hydrogens is 266 g/mol. The van der Waals surface area contributed by atoms with Crippen LogP contribution in [-0.2, 0) is 0 Å². The fourth-order valence-corrected chi connectivity index (χ4v) is 3.48. The molecule has 0 unspecified atom stereocenters. The number of fused-ring (bicyclic) bond motifs is 2. The van der Waals surface area contributed by atoms with Crippen molar-refractivity contribution in [3.05, 3.63) is 22.8 Å². The van der Waals surface area contributed by atoms with Crippen molar-refractivity contribution in [1.29, 1.82) is 0 Å². The van der Waals surface area contributed by atoms with Crippen LogP contribution in [0.5, 0.6) is 5.88 Å². The Bertz CT molecular complexity index is 370. The summed E-state index contributed by atoms with van der Waals surface area (Å²) in [6.07, 6.45) is 8.90. The van der Waals surface area contributed by atoms with E-state index in [0.717, 1.165) is 22.2 Å². The van der Waals surface area contributed by atoms with Gasteiger partial charge in [0.1, 0.15) is 6.10 Å². The van der Waals surface area contributed by atoms with Crippen LogP contribution in [0, 0.1) is 11.8 Å². The van der Waals surface area contributed by atoms with E-state index in [9.17, 15) is 0 Å². The highest BCUT2D eigenvalue weighted by Crippen LogP contribution is 2.42. The Morgan fingerprint density at radius 3 is 2.62 bits per heavy atom. The lowest BCUT2D eigenvalue weighted by atomic mass is 9.87. The third kappa shape index (κ3) is 2.24. The molecule has 3 rings (SSSR count). The number of aromatic nitrogens is 1. The maximum Gasteiger partial charge on any atom is 0.214 e. The molecule has 16 heavy (non-hydrogen) atoms. The summed E-state index contributed by atoms with van der Waals surface area (Å²) in [7, 11) is 0. The molecule has 86 valence electrons. The first kappa shape index (κ1) is 10.6. The summed E-state index contributed by atoms with van der Waals surface area (Å²) in [5.41, 5.74) is 0. The highest BCUT2D eigenvalue weighted by Gasteiger charge is 2.35. The van der Waals surface area contributed by atoms with Crippen molar-refractivity contribution in [2.75, 3.05) is 0 Å². The minimum absolute atomic E-state index is 0.396. The van der Waals surface area contributed by atoms with Crippen molar-refractivity contribution >= 4 is 15.9 Å². The van der Waals surface area contributed by atoms with Crippen LogP contribution in [0.15, 0.2) is 22.8 Å². The molecule has 1 heterocycles. The van der Waals surface area contributed by atoms with Gasteiger partial charge >= 0.3 is 0 Å². The molecule has 1 aromatic heterocycles. The number of hydrogen-bond acceptors (Lipinski definition) is 2. The molecule has 0 radical (unpaired) electrons. The maximum absolute atomic E-state index is 5.98. The average Bonchev–Trinajstić information content (AvgIpc) is 2.58. The number of pyridine rings is 1. The lowest BCUT2D eigenvalue weighted by Gasteiger charge is -2.27. The minimum Gasteiger partial charge on any atom is -0.474 e. The van der Waals surface area contributed by atoms with Gasteiger partial charge in [0.15, 0.2) is 0 Å². The molecule has 0 saturated heterocycles. The van der Waals surface area contributed by atoms with Gasteiger partial charge in [0.2, 0.25) is 5.88 Å². The van der Waals surface area contributed by atoms with Crippen LogP contribution in [0.4, 0.5) is 0 Å². The third-order valence-corrected chi connectivity index (χ3v) is 4.32. The fourth-order valence-electron chi connectivity index (χ4n) is 3.16. The first-order valence-corrected chi connectivity index (χ1v) is 6.87. The van der Waals surface area contributed by atoms with Crippen LogP contribution >= 0.6 is 15.9 Å². The number of hydrogen-bond donors (Lipinski definition) is 0. The molecule has 0 N–H and O–H groups in total. The third-order valence-electron chi connectivity index (χ3n) is 3.83. The highest BCUT2D eigenvalue weighted by molar-refractivity contribution is 9.10. The SMILES string of the molecule is Brc1ccnc(O[C@@H]2C[C@@H]3CC[C@@H](C3)C2)c1. The zero-order valence-electron chi connectivity index (χ0n) is 9.23. The molecule has 2 bridgehead atoms. The van der Waals surface area contributed by atoms with Crippen LogP contribution in [0.25, 0.3) is 0 Å². The van der Waals surface area contributed by atoms with E-state index in [-0.39, 0.29) is 0 Å². The second-order valence-electron chi connectivity index (χ2n) is 5.07. The van der Waals surface area contributed by atoms with Crippen LogP contribution in [0.2, 0.25) is 0 Å². The molecule has 0 aromatic carbocycles. The Morgan fingerprint density at radius 2 is 1.94 bits per heavy atom. The summed E-state index contributed by atoms with van der Waals surface area (Å²) in [4.78, 5) is 4.25. The largest absolute Gasteiger partial charge is 0.474 e. The Morgan fingerprint density at radius 1 is 1.19 bits per heavy atom. The van der Waals surface area contributed by atoms with Gasteiger partial charge in [-0.1, -0.05) is 28.8 Å². The van der Waals surface area contributed by atoms with Gasteiger partial charge < -0.3 is 4.74 Å². The summed E-state index contributed by atoms with van der Waals surface area (Å²) in [6, 6.07) is 3.88. The van der Waals surface area contributed by atoms with Crippen molar-refractivity contribution < 1.29 is 4.74 Å². The van der Waals surface area contributed by atoms with Crippen molar-refractivity contribution in [1.82, 2.24) is 4.98 Å². The van der Waals surface area contributed by atoms with Gasteiger partial charge in [-0.2, -0.15) is 0 Å². The van der Waals surface area contributed by atoms with Crippen molar-refractivity contribution in [2.45, 2.75) is 38.2 Å². The first-order valence-electron chi connectivity index (χ1n) is 6.08. The fraction of sp³-hybridized carbons (Fsp3) is 0.615. The van der Waals surface area contributed by atoms with E-state index in [2.05, 4.69) is 20.9 Å². The molecule has 0 aliphatic heterocycles. The minimum atomic E-state index is 0.396. The number of nitrogens with zero attached hydrogens (tertiary/aromatic N) is 1. The molecule has 0 spiro atoms. The highest BCUT2D eigenvalue weighted by atomic mass is 79.9. The topological polar surface area (TPSA) is 22.1 Å². The van der Waals surface area contributed by atoms with Crippen molar-refractivity contribution in [3.8, 4) is 5.88 Å². The molecule has 2 aliphatic carbocycles. The summed E-state index contributed by atoms with van der Waals surface area (Å²) in [6.45, 7) is 0. The average molecular weight is 282 g/mol. The Kier molecular flexibility index (Phi) is 2.88. The van der Waals surface area contributed by atoms with Crippen LogP contribution in [-0.4, -0.2) is 11.1 Å². The number of ether oxygens (including phenoxy) is 1. The van der Waals surface area contributed by atoms with Gasteiger partial charge in [0, 0.05) is 16.7 Å². The zero-order valence-corrected chi connectivity index (χ0v) is 10.8. The lowest BCUT2D eigenvalue weighted by molar-refractivity contribution is 0.114. The van der Waals surface area contributed by atoms with E-state index in [4.69, 9.17) is 4.74 Å². The Balaban J connectivity index is 1.67. The molecule has 0 amide bonds. The quantitative estimate of drug-likeness (QED) is 0.823. The molecule has 2 nitrogen and oxygen atoms in total. The van der Waals surface area contributed by atoms with Gasteiger partial charge in [-0.05, 0) is 37.2 Å². The molecule has 3 heteroatoms. The molecule has 1 aromatic rings. The second kappa shape index (κ2) is 4.36. The van der Waals surface area contributed by atoms with Gasteiger partial charge in [-0.25, -0.2) is 4.98 Å². The molecular formula is C13H16BrNO. The van der Waals surface area contributed by atoms with E-state index in [1.54, 1.807) is 6.20 Å². The zero-order chi connectivity index (χ0) is 11.0. The molecule has 2 aliphatic rings. The number of rotatable bonds is 2. The maximum atomic E-state index is 5.98. The summed E-state index contributed by atoms with van der Waals surface area (Å²) in [5, 5.41) is 0. The normalized spacial score (nSPS) is 32.7. The van der Waals surface area contributed by atoms with E-state index in [1.165, 1.54) is 32.1 Å². The van der Waals surface area contributed by atoms with Crippen molar-refractivity contribution in [3.63, 3.8) is 0 Å². The monoisotopic (exact) mass is 281 g/mol. The lowest BCUT2D eigenvalue weighted by Crippen LogP contribution is -2.26. The first-order chi connectivity index (χ1) is 7.79. The van der Waals surface area contributed by atoms with Crippen LogP contribution in [0.3, 0.4) is 0 Å². The van der Waals surface area contributed by atoms with Gasteiger partial charge in [0.05, 0.1) is 0 Å². The van der Waals surface area contributed by atoms with E-state index in [1.807, 2.05) is 12.1 Å². The number of halogens is 1. The molecule has 2 fully saturated rings. The smallest absolute Gasteiger partial charge is 0.214 e. The predicted molar refractivity (Wildman–Crippen MR) is 66.4 cm³/mol. The van der Waals surface area contributed by atoms with E-state index in [0.29, 0.717) is 6.10 Å². The standard InChI is InChI=1S/C13H16BrNO/c14-11-3-4-15-13(8-11)16-12-6-9-1-2-10(5-9)7-12/h3-4,8-10,12H,1-2,5-7H2/t9-,10+,12-. The van der Waals surface area contributed by atoms with E-state index < -0.39 is 0 Å². The van der Waals surface area contributed by atoms with Crippen LogP contribution < -0.4 is 4.74 Å². The Hall–Kier alpha value is -0.570. The van der Waals surface area contributed by atoms with Crippen molar-refractivity contribution in [2.24, 2.45) is 11.8 Å². The summed E-state index contributed by atoms with van der Waals surface area (Å²) < 4.78 is 7.01. The summed E-state index contributed by atoms with van der Waals surface area (Å²) in [5.74, 6) is 2.59. The molecule has 3 atom stereocenters. The van der Waals surface area contributed by atoms with E-state index >= 15 is 0 Å². The van der Waals surface area contributed by atoms with Gasteiger partial charge in [-0.15, -0.1) is 0 Å². The summed E-state index contributed by atoms with van der Waals surface area (Å²) >= 11 is 3.44.